The Kier molecular flexibility index (Phi) is 1.98. The lowest BCUT2D eigenvalue weighted by molar-refractivity contribution is 0.555. The van der Waals surface area contributed by atoms with Crippen LogP contribution < -0.4 is 11.1 Å². The van der Waals surface area contributed by atoms with E-state index in [1.54, 1.807) is 12.1 Å². The van der Waals surface area contributed by atoms with Crippen LogP contribution in [0.2, 0.25) is 0 Å². The van der Waals surface area contributed by atoms with Crippen molar-refractivity contribution >= 4 is 28.4 Å². The number of nitrogens with one attached hydrogen (secondary N) is 2. The molecule has 0 aliphatic heterocycles. The first-order chi connectivity index (χ1) is 6.29. The second-order valence-corrected chi connectivity index (χ2v) is 2.80. The van der Waals surface area contributed by atoms with Crippen molar-refractivity contribution in [2.45, 2.75) is 0 Å². The minimum atomic E-state index is -0.446. The van der Waals surface area contributed by atoms with E-state index in [-0.39, 0.29) is 0 Å². The first-order valence-electron chi connectivity index (χ1n) is 3.72. The molecular formula is C8H7ClN2O2. The van der Waals surface area contributed by atoms with Gasteiger partial charge in [-0.3, -0.25) is 4.98 Å². The van der Waals surface area contributed by atoms with Gasteiger partial charge in [-0.25, -0.2) is 4.79 Å². The van der Waals surface area contributed by atoms with Crippen LogP contribution in [0.1, 0.15) is 0 Å². The minimum absolute atomic E-state index is 0.320. The Bertz CT molecular complexity index is 474. The van der Waals surface area contributed by atoms with Crippen LogP contribution in [-0.2, 0) is 0 Å². The Labute approximate surface area is 78.5 Å². The van der Waals surface area contributed by atoms with Gasteiger partial charge in [0.2, 0.25) is 0 Å². The van der Waals surface area contributed by atoms with Gasteiger partial charge in [0.25, 0.3) is 0 Å². The molecule has 5 heteroatoms. The van der Waals surface area contributed by atoms with Crippen LogP contribution in [0.5, 0.6) is 0 Å². The highest BCUT2D eigenvalue weighted by molar-refractivity contribution is 6.18. The van der Waals surface area contributed by atoms with Crippen molar-refractivity contribution < 1.29 is 4.42 Å². The van der Waals surface area contributed by atoms with Crippen molar-refractivity contribution in [1.82, 2.24) is 4.98 Å². The van der Waals surface area contributed by atoms with Gasteiger partial charge in [-0.05, 0) is 12.1 Å². The number of anilines is 1. The average Bonchev–Trinajstić information content (AvgIpc) is 2.44. The number of aromatic nitrogens is 1. The van der Waals surface area contributed by atoms with E-state index in [0.717, 1.165) is 5.69 Å². The van der Waals surface area contributed by atoms with Crippen molar-refractivity contribution in [2.75, 3.05) is 11.3 Å². The molecule has 0 amide bonds. The van der Waals surface area contributed by atoms with Crippen LogP contribution in [0.25, 0.3) is 11.1 Å². The predicted molar refractivity (Wildman–Crippen MR) is 51.2 cm³/mol. The first kappa shape index (κ1) is 8.19. The van der Waals surface area contributed by atoms with Crippen LogP contribution in [0.15, 0.2) is 27.4 Å². The number of fused-ring (bicyclic) bond motifs is 1. The van der Waals surface area contributed by atoms with E-state index in [2.05, 4.69) is 10.3 Å². The van der Waals surface area contributed by atoms with Crippen molar-refractivity contribution in [3.8, 4) is 0 Å². The molecule has 0 bridgehead atoms. The summed E-state index contributed by atoms with van der Waals surface area (Å²) < 4.78 is 4.86. The molecule has 13 heavy (non-hydrogen) atoms. The number of hydrogen-bond donors (Lipinski definition) is 2. The topological polar surface area (TPSA) is 58.0 Å². The maximum Gasteiger partial charge on any atom is 0.417 e. The first-order valence-corrected chi connectivity index (χ1v) is 4.26. The maximum absolute atomic E-state index is 10.8. The Morgan fingerprint density at radius 2 is 2.38 bits per heavy atom. The molecule has 4 nitrogen and oxygen atoms in total. The molecule has 0 aliphatic carbocycles. The molecule has 1 heterocycles. The maximum atomic E-state index is 10.8. The summed E-state index contributed by atoms with van der Waals surface area (Å²) in [6.07, 6.45) is 0. The van der Waals surface area contributed by atoms with Gasteiger partial charge in [0.15, 0.2) is 5.58 Å². The van der Waals surface area contributed by atoms with Crippen LogP contribution in [0, 0.1) is 0 Å². The molecule has 0 saturated carbocycles. The third-order valence-electron chi connectivity index (χ3n) is 1.69. The number of H-pyrrole nitrogens is 1. The molecule has 1 aromatic heterocycles. The smallest absolute Gasteiger partial charge is 0.408 e. The molecule has 2 N–H and O–H groups in total. The van der Waals surface area contributed by atoms with Crippen molar-refractivity contribution in [3.63, 3.8) is 0 Å². The fraction of sp³-hybridized carbons (Fsp3) is 0.125. The van der Waals surface area contributed by atoms with E-state index in [0.29, 0.717) is 17.1 Å². The second kappa shape index (κ2) is 3.14. The molecule has 1 aromatic carbocycles. The molecule has 0 aliphatic rings. The lowest BCUT2D eigenvalue weighted by Gasteiger charge is -1.99. The fourth-order valence-corrected chi connectivity index (χ4v) is 1.29. The van der Waals surface area contributed by atoms with Gasteiger partial charge in [0.1, 0.15) is 0 Å². The fourth-order valence-electron chi connectivity index (χ4n) is 1.13. The summed E-state index contributed by atoms with van der Waals surface area (Å²) >= 11 is 5.48. The zero-order valence-corrected chi connectivity index (χ0v) is 7.39. The minimum Gasteiger partial charge on any atom is -0.408 e. The zero-order valence-electron chi connectivity index (χ0n) is 6.63. The Morgan fingerprint density at radius 3 is 3.15 bits per heavy atom. The monoisotopic (exact) mass is 198 g/mol. The number of oxazole rings is 1. The van der Waals surface area contributed by atoms with Crippen LogP contribution >= 0.6 is 11.6 Å². The molecule has 0 atom stereocenters. The average molecular weight is 199 g/mol. The van der Waals surface area contributed by atoms with Crippen molar-refractivity contribution in [1.29, 1.82) is 0 Å². The van der Waals surface area contributed by atoms with E-state index in [9.17, 15) is 4.79 Å². The largest absolute Gasteiger partial charge is 0.417 e. The summed E-state index contributed by atoms with van der Waals surface area (Å²) in [6.45, 7) is 0. The van der Waals surface area contributed by atoms with Crippen molar-refractivity contribution in [3.05, 3.63) is 28.7 Å². The van der Waals surface area contributed by atoms with Gasteiger partial charge in [-0.15, -0.1) is 11.6 Å². The molecule has 2 aromatic rings. The second-order valence-electron chi connectivity index (χ2n) is 2.54. The summed E-state index contributed by atoms with van der Waals surface area (Å²) in [6, 6.07) is 5.61. The van der Waals surface area contributed by atoms with E-state index in [1.165, 1.54) is 0 Å². The van der Waals surface area contributed by atoms with E-state index >= 15 is 0 Å². The summed E-state index contributed by atoms with van der Waals surface area (Å²) in [7, 11) is 0. The van der Waals surface area contributed by atoms with Gasteiger partial charge in [0.05, 0.1) is 11.5 Å². The summed E-state index contributed by atoms with van der Waals surface area (Å²) in [5, 5.41) is 2.90. The van der Waals surface area contributed by atoms with Crippen LogP contribution in [0.4, 0.5) is 5.69 Å². The third-order valence-corrected chi connectivity index (χ3v) is 1.83. The number of hydrogen-bond acceptors (Lipinski definition) is 3. The van der Waals surface area contributed by atoms with Gasteiger partial charge >= 0.3 is 5.76 Å². The van der Waals surface area contributed by atoms with E-state index in [1.807, 2.05) is 6.07 Å². The lowest BCUT2D eigenvalue weighted by Crippen LogP contribution is -1.93. The molecule has 68 valence electrons. The molecule has 0 saturated heterocycles. The number of alkyl halides is 1. The van der Waals surface area contributed by atoms with E-state index in [4.69, 9.17) is 16.0 Å². The Hall–Kier alpha value is -1.42. The lowest BCUT2D eigenvalue weighted by atomic mass is 10.3. The third kappa shape index (κ3) is 1.53. The molecule has 0 fully saturated rings. The zero-order chi connectivity index (χ0) is 9.26. The SMILES string of the molecule is O=c1[nH]c2ccc(NCCl)cc2o1. The number of benzene rings is 1. The molecule has 2 rings (SSSR count). The van der Waals surface area contributed by atoms with Gasteiger partial charge in [-0.2, -0.15) is 0 Å². The summed E-state index contributed by atoms with van der Waals surface area (Å²) in [5.74, 6) is -0.446. The quantitative estimate of drug-likeness (QED) is 0.571. The van der Waals surface area contributed by atoms with Gasteiger partial charge in [-0.1, -0.05) is 0 Å². The normalized spacial score (nSPS) is 10.5. The Balaban J connectivity index is 2.54. The van der Waals surface area contributed by atoms with E-state index < -0.39 is 5.76 Å². The van der Waals surface area contributed by atoms with Crippen LogP contribution in [0.3, 0.4) is 0 Å². The summed E-state index contributed by atoms with van der Waals surface area (Å²) in [5.41, 5.74) is 2.04. The standard InChI is InChI=1S/C8H7ClN2O2/c9-4-10-5-1-2-6-7(3-5)13-8(12)11-6/h1-3,10H,4H2,(H,11,12). The molecule has 0 unspecified atom stereocenters. The molecular weight excluding hydrogens is 192 g/mol. The highest BCUT2D eigenvalue weighted by Gasteiger charge is 2.00. The predicted octanol–water partition coefficient (Wildman–Crippen LogP) is 1.73. The van der Waals surface area contributed by atoms with Crippen LogP contribution in [-0.4, -0.2) is 11.0 Å². The van der Waals surface area contributed by atoms with Crippen molar-refractivity contribution in [2.24, 2.45) is 0 Å². The molecule has 0 spiro atoms. The number of aromatic amines is 1. The highest BCUT2D eigenvalue weighted by Crippen LogP contribution is 2.15. The summed E-state index contributed by atoms with van der Waals surface area (Å²) in [4.78, 5) is 13.3. The number of halogens is 1. The van der Waals surface area contributed by atoms with Gasteiger partial charge < -0.3 is 9.73 Å². The Morgan fingerprint density at radius 1 is 1.54 bits per heavy atom. The highest BCUT2D eigenvalue weighted by atomic mass is 35.5. The van der Waals surface area contributed by atoms with Gasteiger partial charge in [0, 0.05) is 11.8 Å². The number of rotatable bonds is 2. The molecule has 0 radical (unpaired) electrons.